The third-order valence-electron chi connectivity index (χ3n) is 11.8. The molecule has 0 saturated carbocycles. The van der Waals surface area contributed by atoms with E-state index in [-0.39, 0.29) is 42.7 Å². The van der Waals surface area contributed by atoms with Gasteiger partial charge in [0.1, 0.15) is 12.6 Å². The van der Waals surface area contributed by atoms with Crippen molar-refractivity contribution >= 4 is 17.9 Å². The van der Waals surface area contributed by atoms with Crippen molar-refractivity contribution in [1.82, 2.24) is 0 Å². The normalized spacial score (nSPS) is 13.5. The van der Waals surface area contributed by atoms with E-state index in [1.165, 1.54) is 89.9 Å². The second kappa shape index (κ2) is 48.9. The third-order valence-corrected chi connectivity index (χ3v) is 11.8. The second-order valence-electron chi connectivity index (χ2n) is 19.1. The van der Waals surface area contributed by atoms with E-state index in [0.717, 1.165) is 96.3 Å². The lowest BCUT2D eigenvalue weighted by Crippen LogP contribution is -2.55. The number of hydrogen-bond donors (Lipinski definition) is 0. The first-order valence-corrected chi connectivity index (χ1v) is 27.1. The minimum Gasteiger partial charge on any atom is -0.544 e. The summed E-state index contributed by atoms with van der Waals surface area (Å²) < 4.78 is 17.3. The monoisotopic (exact) mass is 936 g/mol. The Morgan fingerprint density at radius 2 is 0.791 bits per heavy atom. The summed E-state index contributed by atoms with van der Waals surface area (Å²) in [4.78, 5) is 37.1. The summed E-state index contributed by atoms with van der Waals surface area (Å²) in [5.41, 5.74) is 0. The molecule has 384 valence electrons. The van der Waals surface area contributed by atoms with Crippen molar-refractivity contribution in [2.45, 2.75) is 231 Å². The number of quaternary nitrogens is 1. The highest BCUT2D eigenvalue weighted by Gasteiger charge is 2.25. The van der Waals surface area contributed by atoms with E-state index in [0.29, 0.717) is 12.8 Å². The van der Waals surface area contributed by atoms with Crippen LogP contribution in [-0.4, -0.2) is 75.5 Å². The largest absolute Gasteiger partial charge is 0.544 e. The molecule has 2 atom stereocenters. The van der Waals surface area contributed by atoms with Crippen LogP contribution in [0, 0.1) is 0 Å². The van der Waals surface area contributed by atoms with E-state index in [1.807, 2.05) is 0 Å². The maximum Gasteiger partial charge on any atom is 0.306 e. The lowest BCUT2D eigenvalue weighted by atomic mass is 10.0. The molecule has 0 rings (SSSR count). The number of carbonyl (C=O) groups excluding carboxylic acids is 3. The molecule has 0 spiro atoms. The van der Waals surface area contributed by atoms with E-state index >= 15 is 0 Å². The van der Waals surface area contributed by atoms with E-state index in [1.54, 1.807) is 21.1 Å². The molecule has 2 unspecified atom stereocenters. The molecule has 0 aliphatic heterocycles. The van der Waals surface area contributed by atoms with Gasteiger partial charge in [-0.05, 0) is 83.5 Å². The van der Waals surface area contributed by atoms with Crippen molar-refractivity contribution in [1.29, 1.82) is 0 Å². The lowest BCUT2D eigenvalue weighted by Gasteiger charge is -2.34. The van der Waals surface area contributed by atoms with E-state index in [2.05, 4.69) is 98.9 Å². The van der Waals surface area contributed by atoms with Gasteiger partial charge in [-0.1, -0.05) is 202 Å². The number of carboxylic acids is 1. The van der Waals surface area contributed by atoms with Crippen LogP contribution < -0.4 is 5.11 Å². The molecular weight excluding hydrogens is 835 g/mol. The zero-order chi connectivity index (χ0) is 49.2. The number of nitrogens with zero attached hydrogens (tertiary/aromatic N) is 1. The van der Waals surface area contributed by atoms with Gasteiger partial charge < -0.3 is 28.6 Å². The Labute approximate surface area is 412 Å². The van der Waals surface area contributed by atoms with Gasteiger partial charge in [0.15, 0.2) is 6.10 Å². The lowest BCUT2D eigenvalue weighted by molar-refractivity contribution is -0.889. The van der Waals surface area contributed by atoms with Crippen molar-refractivity contribution < 1.29 is 38.2 Å². The second-order valence-corrected chi connectivity index (χ2v) is 19.1. The molecule has 0 bridgehead atoms. The highest BCUT2D eigenvalue weighted by Crippen LogP contribution is 2.15. The molecule has 0 heterocycles. The maximum atomic E-state index is 12.8. The molecule has 0 amide bonds. The number of carbonyl (C=O) groups is 3. The standard InChI is InChI=1S/C59H101NO7/c1-6-8-10-12-14-16-18-20-22-24-26-28-30-32-34-36-38-40-42-44-46-48-50-58(62)67-55(53-65-52-51-56(59(63)64)60(3,4)5)54-66-57(61)49-47-45-43-41-39-37-35-33-31-29-27-25-23-21-19-17-15-13-11-9-7-2/h8-11,14-17,20,22,26,28,32,34,55-56H,6-7,12-13,18-19,21,23-25,27,29-31,33,35-54H2,1-5H3/b10-8+,11-9+,16-14+,17-15+,22-20+,28-26+,34-32+. The van der Waals surface area contributed by atoms with Crippen LogP contribution in [0.25, 0.3) is 0 Å². The van der Waals surface area contributed by atoms with Gasteiger partial charge in [-0.2, -0.15) is 0 Å². The molecule has 0 aliphatic carbocycles. The van der Waals surface area contributed by atoms with Gasteiger partial charge in [0.05, 0.1) is 40.3 Å². The number of ether oxygens (including phenoxy) is 3. The molecule has 8 nitrogen and oxygen atoms in total. The van der Waals surface area contributed by atoms with Crippen LogP contribution in [0.2, 0.25) is 0 Å². The van der Waals surface area contributed by atoms with Crippen molar-refractivity contribution in [3.8, 4) is 0 Å². The smallest absolute Gasteiger partial charge is 0.306 e. The van der Waals surface area contributed by atoms with Crippen LogP contribution in [0.3, 0.4) is 0 Å². The van der Waals surface area contributed by atoms with Crippen LogP contribution in [-0.2, 0) is 28.6 Å². The van der Waals surface area contributed by atoms with Gasteiger partial charge in [-0.3, -0.25) is 9.59 Å². The summed E-state index contributed by atoms with van der Waals surface area (Å²) in [5.74, 6) is -1.75. The summed E-state index contributed by atoms with van der Waals surface area (Å²) in [6.07, 6.45) is 64.7. The predicted molar refractivity (Wildman–Crippen MR) is 282 cm³/mol. The van der Waals surface area contributed by atoms with Crippen LogP contribution in [0.15, 0.2) is 85.1 Å². The van der Waals surface area contributed by atoms with Crippen molar-refractivity contribution in [3.63, 3.8) is 0 Å². The molecule has 0 aromatic heterocycles. The first-order chi connectivity index (χ1) is 32.6. The number of carboxylic acid groups (broad SMARTS) is 1. The Morgan fingerprint density at radius 1 is 0.448 bits per heavy atom. The van der Waals surface area contributed by atoms with Gasteiger partial charge >= 0.3 is 11.9 Å². The summed E-state index contributed by atoms with van der Waals surface area (Å²) in [6, 6.07) is -0.733. The highest BCUT2D eigenvalue weighted by molar-refractivity contribution is 5.70. The van der Waals surface area contributed by atoms with E-state index in [4.69, 9.17) is 14.2 Å². The predicted octanol–water partition coefficient (Wildman–Crippen LogP) is 14.7. The molecule has 67 heavy (non-hydrogen) atoms. The first-order valence-electron chi connectivity index (χ1n) is 27.1. The van der Waals surface area contributed by atoms with E-state index < -0.39 is 18.1 Å². The zero-order valence-corrected chi connectivity index (χ0v) is 43.8. The molecule has 0 fully saturated rings. The number of hydrogen-bond acceptors (Lipinski definition) is 7. The summed E-state index contributed by atoms with van der Waals surface area (Å²) in [5, 5.41) is 11.7. The average Bonchev–Trinajstić information content (AvgIpc) is 3.29. The van der Waals surface area contributed by atoms with Crippen LogP contribution in [0.4, 0.5) is 0 Å². The molecular formula is C59H101NO7. The van der Waals surface area contributed by atoms with Gasteiger partial charge in [0.2, 0.25) is 0 Å². The molecule has 0 N–H and O–H groups in total. The quantitative estimate of drug-likeness (QED) is 0.0259. The fraction of sp³-hybridized carbons (Fsp3) is 0.712. The first kappa shape index (κ1) is 63.5. The van der Waals surface area contributed by atoms with Crippen LogP contribution in [0.5, 0.6) is 0 Å². The number of unbranched alkanes of at least 4 members (excludes halogenated alkanes) is 20. The number of aliphatic carboxylic acids is 1. The van der Waals surface area contributed by atoms with Gasteiger partial charge in [0.25, 0.3) is 0 Å². The van der Waals surface area contributed by atoms with Crippen LogP contribution in [0.1, 0.15) is 219 Å². The van der Waals surface area contributed by atoms with E-state index in [9.17, 15) is 19.5 Å². The van der Waals surface area contributed by atoms with Gasteiger partial charge in [-0.25, -0.2) is 0 Å². The Balaban J connectivity index is 4.24. The number of rotatable bonds is 48. The van der Waals surface area contributed by atoms with Crippen LogP contribution >= 0.6 is 0 Å². The van der Waals surface area contributed by atoms with Crippen molar-refractivity contribution in [2.24, 2.45) is 0 Å². The third kappa shape index (κ3) is 47.4. The summed E-state index contributed by atoms with van der Waals surface area (Å²) in [7, 11) is 5.41. The molecule has 0 radical (unpaired) electrons. The minimum atomic E-state index is -1.13. The molecule has 8 heteroatoms. The Bertz CT molecular complexity index is 1370. The molecule has 0 aromatic carbocycles. The Kier molecular flexibility index (Phi) is 46.4. The fourth-order valence-corrected chi connectivity index (χ4v) is 7.67. The average molecular weight is 936 g/mol. The molecule has 0 aromatic rings. The molecule has 0 saturated heterocycles. The van der Waals surface area contributed by atoms with Gasteiger partial charge in [0, 0.05) is 19.3 Å². The number of likely N-dealkylation sites (N-methyl/N-ethyl adjacent to an activating group) is 1. The minimum absolute atomic E-state index is 0.0314. The Hall–Kier alpha value is -3.49. The maximum absolute atomic E-state index is 12.8. The number of allylic oxidation sites excluding steroid dienone is 14. The van der Waals surface area contributed by atoms with Crippen molar-refractivity contribution in [2.75, 3.05) is 41.0 Å². The van der Waals surface area contributed by atoms with Gasteiger partial charge in [-0.15, -0.1) is 0 Å². The number of esters is 2. The Morgan fingerprint density at radius 3 is 1.16 bits per heavy atom. The zero-order valence-electron chi connectivity index (χ0n) is 43.8. The molecule has 0 aliphatic rings. The fourth-order valence-electron chi connectivity index (χ4n) is 7.67. The summed E-state index contributed by atoms with van der Waals surface area (Å²) >= 11 is 0. The summed E-state index contributed by atoms with van der Waals surface area (Å²) in [6.45, 7) is 4.45. The van der Waals surface area contributed by atoms with Crippen molar-refractivity contribution in [3.05, 3.63) is 85.1 Å². The highest BCUT2D eigenvalue weighted by atomic mass is 16.6. The topological polar surface area (TPSA) is 102 Å². The SMILES string of the molecule is CC/C=C/C/C=C/C/C=C/C/C=C/C/C=C/CCCCCCCCC(=O)OC(COCCC(C(=O)[O-])[N+](C)(C)C)COC(=O)CCCCCCCCCCCCCCCC/C=C/C/C=C/CC.